The summed E-state index contributed by atoms with van der Waals surface area (Å²) in [4.78, 5) is 29.6. The van der Waals surface area contributed by atoms with Crippen molar-refractivity contribution in [2.24, 2.45) is 10.8 Å². The molecular weight excluding hydrogens is 449 g/mol. The van der Waals surface area contributed by atoms with Crippen LogP contribution in [0.25, 0.3) is 0 Å². The molecule has 0 radical (unpaired) electrons. The molecule has 5 rings (SSSR count). The van der Waals surface area contributed by atoms with Crippen LogP contribution in [-0.2, 0) is 9.59 Å². The van der Waals surface area contributed by atoms with Gasteiger partial charge in [0.15, 0.2) is 11.6 Å². The number of anilines is 1. The molecule has 0 atom stereocenters. The number of hydrogen-bond donors (Lipinski definition) is 0. The van der Waals surface area contributed by atoms with Gasteiger partial charge in [-0.05, 0) is 65.6 Å². The number of ketones is 2. The molecule has 2 aromatic rings. The van der Waals surface area contributed by atoms with E-state index in [4.69, 9.17) is 11.6 Å². The predicted molar refractivity (Wildman–Crippen MR) is 133 cm³/mol. The maximum atomic E-state index is 14.4. The zero-order valence-electron chi connectivity index (χ0n) is 20.0. The van der Waals surface area contributed by atoms with Crippen LogP contribution in [0.3, 0.4) is 0 Å². The van der Waals surface area contributed by atoms with E-state index in [-0.39, 0.29) is 28.2 Å². The van der Waals surface area contributed by atoms with Crippen molar-refractivity contribution in [3.05, 3.63) is 87.5 Å². The molecule has 1 heterocycles. The molecule has 176 valence electrons. The number of benzene rings is 2. The zero-order chi connectivity index (χ0) is 24.4. The summed E-state index contributed by atoms with van der Waals surface area (Å²) in [7, 11) is 0. The van der Waals surface area contributed by atoms with E-state index < -0.39 is 5.92 Å². The van der Waals surface area contributed by atoms with Gasteiger partial charge in [-0.25, -0.2) is 4.39 Å². The summed E-state index contributed by atoms with van der Waals surface area (Å²) < 4.78 is 14.4. The summed E-state index contributed by atoms with van der Waals surface area (Å²) in [5.74, 6) is -0.849. The van der Waals surface area contributed by atoms with Gasteiger partial charge in [0, 0.05) is 52.0 Å². The van der Waals surface area contributed by atoms with Gasteiger partial charge in [-0.2, -0.15) is 0 Å². The van der Waals surface area contributed by atoms with Gasteiger partial charge in [0.25, 0.3) is 0 Å². The minimum atomic E-state index is -0.545. The molecule has 34 heavy (non-hydrogen) atoms. The van der Waals surface area contributed by atoms with Crippen LogP contribution < -0.4 is 4.90 Å². The summed E-state index contributed by atoms with van der Waals surface area (Å²) in [5, 5.41) is 0.627. The second-order valence-electron chi connectivity index (χ2n) is 11.4. The van der Waals surface area contributed by atoms with Crippen molar-refractivity contribution in [1.82, 2.24) is 0 Å². The highest BCUT2D eigenvalue weighted by molar-refractivity contribution is 6.30. The molecule has 2 aliphatic carbocycles. The first-order valence-electron chi connectivity index (χ1n) is 11.8. The number of hydrogen-bond acceptors (Lipinski definition) is 3. The molecule has 2 aromatic carbocycles. The monoisotopic (exact) mass is 477 g/mol. The fourth-order valence-electron chi connectivity index (χ4n) is 5.89. The fourth-order valence-corrected chi connectivity index (χ4v) is 6.01. The highest BCUT2D eigenvalue weighted by atomic mass is 35.5. The topological polar surface area (TPSA) is 37.4 Å². The SMILES string of the molecule is CC1(C)CC(=O)C2=C(C1)N(c1ccc(Cl)cc1)C1=C(C(=O)CC(C)(C)C1)C2c1cccc(F)c1. The van der Waals surface area contributed by atoms with Crippen LogP contribution in [0.1, 0.15) is 64.9 Å². The highest BCUT2D eigenvalue weighted by Gasteiger charge is 2.49. The van der Waals surface area contributed by atoms with Gasteiger partial charge in [-0.15, -0.1) is 0 Å². The lowest BCUT2D eigenvalue weighted by atomic mass is 9.63. The molecule has 0 N–H and O–H groups in total. The van der Waals surface area contributed by atoms with Crippen molar-refractivity contribution in [1.29, 1.82) is 0 Å². The Morgan fingerprint density at radius 1 is 0.824 bits per heavy atom. The van der Waals surface area contributed by atoms with E-state index >= 15 is 0 Å². The summed E-state index contributed by atoms with van der Waals surface area (Å²) >= 11 is 6.19. The number of Topliss-reactive ketones (excluding diaryl/α,β-unsaturated/α-hetero) is 2. The highest BCUT2D eigenvalue weighted by Crippen LogP contribution is 2.55. The maximum Gasteiger partial charge on any atom is 0.162 e. The lowest BCUT2D eigenvalue weighted by molar-refractivity contribution is -0.119. The Hall–Kier alpha value is -2.72. The molecule has 0 spiro atoms. The van der Waals surface area contributed by atoms with Crippen molar-refractivity contribution in [3.63, 3.8) is 0 Å². The van der Waals surface area contributed by atoms with Crippen LogP contribution in [0, 0.1) is 16.6 Å². The van der Waals surface area contributed by atoms with E-state index in [2.05, 4.69) is 32.6 Å². The number of nitrogens with zero attached hydrogens (tertiary/aromatic N) is 1. The third kappa shape index (κ3) is 3.92. The van der Waals surface area contributed by atoms with E-state index in [0.29, 0.717) is 47.4 Å². The average Bonchev–Trinajstić information content (AvgIpc) is 2.71. The smallest absolute Gasteiger partial charge is 0.162 e. The summed E-state index contributed by atoms with van der Waals surface area (Å²) in [6.45, 7) is 8.41. The Bertz CT molecular complexity index is 1220. The average molecular weight is 478 g/mol. The Labute approximate surface area is 205 Å². The quantitative estimate of drug-likeness (QED) is 0.453. The fraction of sp³-hybridized carbons (Fsp3) is 0.379. The first-order chi connectivity index (χ1) is 16.0. The lowest BCUT2D eigenvalue weighted by Crippen LogP contribution is -2.44. The molecule has 5 heteroatoms. The van der Waals surface area contributed by atoms with Gasteiger partial charge in [0.05, 0.1) is 0 Å². The van der Waals surface area contributed by atoms with Crippen LogP contribution >= 0.6 is 11.6 Å². The molecular formula is C29H29ClFNO2. The van der Waals surface area contributed by atoms with Crippen molar-refractivity contribution < 1.29 is 14.0 Å². The molecule has 0 unspecified atom stereocenters. The number of rotatable bonds is 2. The molecule has 0 saturated carbocycles. The number of allylic oxidation sites excluding steroid dienone is 4. The van der Waals surface area contributed by atoms with E-state index in [0.717, 1.165) is 17.1 Å². The van der Waals surface area contributed by atoms with Crippen molar-refractivity contribution in [2.45, 2.75) is 59.3 Å². The minimum absolute atomic E-state index is 0.0312. The van der Waals surface area contributed by atoms with Gasteiger partial charge >= 0.3 is 0 Å². The Morgan fingerprint density at radius 3 is 1.85 bits per heavy atom. The van der Waals surface area contributed by atoms with Crippen molar-refractivity contribution in [2.75, 3.05) is 4.90 Å². The Kier molecular flexibility index (Phi) is 5.36. The molecule has 0 aromatic heterocycles. The van der Waals surface area contributed by atoms with E-state index in [9.17, 15) is 14.0 Å². The molecule has 3 aliphatic rings. The van der Waals surface area contributed by atoms with E-state index in [1.165, 1.54) is 12.1 Å². The number of halogens is 2. The third-order valence-corrected chi connectivity index (χ3v) is 7.43. The number of carbonyl (C=O) groups excluding carboxylic acids is 2. The largest absolute Gasteiger partial charge is 0.317 e. The maximum absolute atomic E-state index is 14.4. The third-order valence-electron chi connectivity index (χ3n) is 7.18. The standard InChI is InChI=1S/C29H29ClFNO2/c1-28(2)13-21-26(23(33)15-28)25(17-6-5-7-19(31)12-17)27-22(14-29(3,4)16-24(27)34)32(21)20-10-8-18(30)9-11-20/h5-12,25H,13-16H2,1-4H3. The normalized spacial score (nSPS) is 22.1. The van der Waals surface area contributed by atoms with Crippen molar-refractivity contribution in [3.8, 4) is 0 Å². The number of carbonyl (C=O) groups is 2. The molecule has 0 saturated heterocycles. The Balaban J connectivity index is 1.83. The van der Waals surface area contributed by atoms with Crippen LogP contribution in [0.2, 0.25) is 5.02 Å². The zero-order valence-corrected chi connectivity index (χ0v) is 20.8. The van der Waals surface area contributed by atoms with Crippen LogP contribution in [-0.4, -0.2) is 11.6 Å². The first-order valence-corrected chi connectivity index (χ1v) is 12.2. The second kappa shape index (κ2) is 7.91. The van der Waals surface area contributed by atoms with Gasteiger partial charge in [-0.1, -0.05) is 51.4 Å². The first kappa shape index (κ1) is 23.0. The van der Waals surface area contributed by atoms with Gasteiger partial charge in [0.1, 0.15) is 5.82 Å². The van der Waals surface area contributed by atoms with Crippen LogP contribution in [0.4, 0.5) is 10.1 Å². The summed E-state index contributed by atoms with van der Waals surface area (Å²) in [5.41, 5.74) is 4.20. The van der Waals surface area contributed by atoms with Crippen molar-refractivity contribution >= 4 is 28.9 Å². The molecule has 0 bridgehead atoms. The molecule has 1 aliphatic heterocycles. The van der Waals surface area contributed by atoms with Crippen LogP contribution in [0.15, 0.2) is 71.1 Å². The summed E-state index contributed by atoms with van der Waals surface area (Å²) in [6.07, 6.45) is 2.17. The minimum Gasteiger partial charge on any atom is -0.317 e. The van der Waals surface area contributed by atoms with Gasteiger partial charge < -0.3 is 4.90 Å². The Morgan fingerprint density at radius 2 is 1.35 bits per heavy atom. The molecule has 3 nitrogen and oxygen atoms in total. The summed E-state index contributed by atoms with van der Waals surface area (Å²) in [6, 6.07) is 13.9. The second-order valence-corrected chi connectivity index (χ2v) is 11.8. The van der Waals surface area contributed by atoms with E-state index in [1.54, 1.807) is 6.07 Å². The predicted octanol–water partition coefficient (Wildman–Crippen LogP) is 7.37. The van der Waals surface area contributed by atoms with Gasteiger partial charge in [0.2, 0.25) is 0 Å². The molecule has 0 fully saturated rings. The van der Waals surface area contributed by atoms with Crippen LogP contribution in [0.5, 0.6) is 0 Å². The van der Waals surface area contributed by atoms with Gasteiger partial charge in [-0.3, -0.25) is 9.59 Å². The molecule has 0 amide bonds. The van der Waals surface area contributed by atoms with E-state index in [1.807, 2.05) is 30.3 Å². The lowest BCUT2D eigenvalue weighted by Gasteiger charge is -2.49.